The topological polar surface area (TPSA) is 46.9 Å². The molecule has 1 amide bonds. The van der Waals surface area contributed by atoms with Gasteiger partial charge in [-0.15, -0.1) is 0 Å². The smallest absolute Gasteiger partial charge is 0.270 e. The molecule has 26 heavy (non-hydrogen) atoms. The van der Waals surface area contributed by atoms with Gasteiger partial charge in [-0.1, -0.05) is 55.8 Å². The Balaban J connectivity index is 1.96. The van der Waals surface area contributed by atoms with Crippen LogP contribution in [0.3, 0.4) is 0 Å². The highest BCUT2D eigenvalue weighted by Gasteiger charge is 2.17. The summed E-state index contributed by atoms with van der Waals surface area (Å²) in [6.45, 7) is 4.91. The van der Waals surface area contributed by atoms with Crippen molar-refractivity contribution in [1.82, 2.24) is 15.1 Å². The molecule has 0 saturated carbocycles. The predicted molar refractivity (Wildman–Crippen MR) is 106 cm³/mol. The number of carbonyl (C=O) groups is 1. The van der Waals surface area contributed by atoms with Crippen LogP contribution in [0.5, 0.6) is 0 Å². The van der Waals surface area contributed by atoms with Crippen LogP contribution in [-0.2, 0) is 0 Å². The molecular formula is C21H22ClN3O. The first kappa shape index (κ1) is 18.2. The molecule has 0 aliphatic carbocycles. The molecule has 1 heterocycles. The van der Waals surface area contributed by atoms with Crippen molar-refractivity contribution < 1.29 is 4.79 Å². The monoisotopic (exact) mass is 367 g/mol. The Hall–Kier alpha value is -2.59. The van der Waals surface area contributed by atoms with Crippen molar-refractivity contribution in [3.8, 4) is 16.9 Å². The number of nitrogens with one attached hydrogen (secondary N) is 1. The molecule has 3 rings (SSSR count). The van der Waals surface area contributed by atoms with Gasteiger partial charge in [0.25, 0.3) is 5.91 Å². The largest absolute Gasteiger partial charge is 0.351 e. The SMILES string of the molecule is CC(C)CCNC(=O)c1cc(-c2ccccc2)nn1-c1ccc(Cl)cc1. The standard InChI is InChI=1S/C21H22ClN3O/c1-15(2)12-13-23-21(26)20-14-19(16-6-4-3-5-7-16)24-25(20)18-10-8-17(22)9-11-18/h3-11,14-15H,12-13H2,1-2H3,(H,23,26). The maximum absolute atomic E-state index is 12.7. The van der Waals surface area contributed by atoms with Crippen molar-refractivity contribution >= 4 is 17.5 Å². The van der Waals surface area contributed by atoms with E-state index in [0.717, 1.165) is 23.4 Å². The zero-order valence-electron chi connectivity index (χ0n) is 14.9. The van der Waals surface area contributed by atoms with Gasteiger partial charge in [0.2, 0.25) is 0 Å². The van der Waals surface area contributed by atoms with Crippen molar-refractivity contribution in [1.29, 1.82) is 0 Å². The first-order chi connectivity index (χ1) is 12.5. The van der Waals surface area contributed by atoms with Gasteiger partial charge in [-0.05, 0) is 42.7 Å². The van der Waals surface area contributed by atoms with E-state index in [1.54, 1.807) is 16.8 Å². The molecule has 0 bridgehead atoms. The van der Waals surface area contributed by atoms with Crippen LogP contribution in [0, 0.1) is 5.92 Å². The molecule has 0 fully saturated rings. The normalized spacial score (nSPS) is 10.9. The molecule has 134 valence electrons. The quantitative estimate of drug-likeness (QED) is 0.668. The van der Waals surface area contributed by atoms with Gasteiger partial charge in [-0.3, -0.25) is 4.79 Å². The van der Waals surface area contributed by atoms with E-state index < -0.39 is 0 Å². The lowest BCUT2D eigenvalue weighted by Crippen LogP contribution is -2.27. The summed E-state index contributed by atoms with van der Waals surface area (Å²) in [5.41, 5.74) is 3.03. The maximum Gasteiger partial charge on any atom is 0.270 e. The molecule has 2 aromatic carbocycles. The molecular weight excluding hydrogens is 346 g/mol. The molecule has 0 aliphatic rings. The number of halogens is 1. The lowest BCUT2D eigenvalue weighted by Gasteiger charge is -2.09. The van der Waals surface area contributed by atoms with E-state index in [9.17, 15) is 4.79 Å². The van der Waals surface area contributed by atoms with Crippen LogP contribution in [-0.4, -0.2) is 22.2 Å². The first-order valence-electron chi connectivity index (χ1n) is 8.74. The average molecular weight is 368 g/mol. The Kier molecular flexibility index (Phi) is 5.74. The average Bonchev–Trinajstić information content (AvgIpc) is 3.08. The number of nitrogens with zero attached hydrogens (tertiary/aromatic N) is 2. The summed E-state index contributed by atoms with van der Waals surface area (Å²) < 4.78 is 1.67. The summed E-state index contributed by atoms with van der Waals surface area (Å²) in [6.07, 6.45) is 0.937. The van der Waals surface area contributed by atoms with Gasteiger partial charge >= 0.3 is 0 Å². The molecule has 5 heteroatoms. The molecule has 0 aliphatic heterocycles. The van der Waals surface area contributed by atoms with Crippen LogP contribution in [0.25, 0.3) is 16.9 Å². The van der Waals surface area contributed by atoms with Gasteiger partial charge in [-0.25, -0.2) is 4.68 Å². The highest BCUT2D eigenvalue weighted by molar-refractivity contribution is 6.30. The third-order valence-electron chi connectivity index (χ3n) is 4.09. The van der Waals surface area contributed by atoms with Crippen LogP contribution < -0.4 is 5.32 Å². The summed E-state index contributed by atoms with van der Waals surface area (Å²) in [5, 5.41) is 8.29. The summed E-state index contributed by atoms with van der Waals surface area (Å²) in [6, 6.07) is 19.0. The Morgan fingerprint density at radius 3 is 2.46 bits per heavy atom. The van der Waals surface area contributed by atoms with Crippen molar-refractivity contribution in [2.45, 2.75) is 20.3 Å². The molecule has 4 nitrogen and oxygen atoms in total. The van der Waals surface area contributed by atoms with Crippen LogP contribution in [0.2, 0.25) is 5.02 Å². The molecule has 1 N–H and O–H groups in total. The lowest BCUT2D eigenvalue weighted by atomic mass is 10.1. The summed E-state index contributed by atoms with van der Waals surface area (Å²) in [4.78, 5) is 12.7. The maximum atomic E-state index is 12.7. The van der Waals surface area contributed by atoms with Crippen LogP contribution >= 0.6 is 11.6 Å². The van der Waals surface area contributed by atoms with Crippen LogP contribution in [0.15, 0.2) is 60.7 Å². The van der Waals surface area contributed by atoms with E-state index >= 15 is 0 Å². The summed E-state index contributed by atoms with van der Waals surface area (Å²) in [7, 11) is 0. The van der Waals surface area contributed by atoms with Gasteiger partial charge in [0.05, 0.1) is 11.4 Å². The second-order valence-corrected chi connectivity index (χ2v) is 7.04. The number of amides is 1. The van der Waals surface area contributed by atoms with Crippen LogP contribution in [0.1, 0.15) is 30.8 Å². The van der Waals surface area contributed by atoms with E-state index in [1.165, 1.54) is 0 Å². The van der Waals surface area contributed by atoms with E-state index in [2.05, 4.69) is 24.3 Å². The van der Waals surface area contributed by atoms with Gasteiger partial charge in [0.1, 0.15) is 5.69 Å². The Bertz CT molecular complexity index is 870. The second kappa shape index (κ2) is 8.19. The summed E-state index contributed by atoms with van der Waals surface area (Å²) in [5.74, 6) is 0.409. The minimum atomic E-state index is -0.129. The van der Waals surface area contributed by atoms with Crippen molar-refractivity contribution in [2.24, 2.45) is 5.92 Å². The van der Waals surface area contributed by atoms with Crippen molar-refractivity contribution in [2.75, 3.05) is 6.54 Å². The molecule has 0 atom stereocenters. The van der Waals surface area contributed by atoms with E-state index in [-0.39, 0.29) is 5.91 Å². The minimum Gasteiger partial charge on any atom is -0.351 e. The fourth-order valence-electron chi connectivity index (χ4n) is 2.64. The zero-order chi connectivity index (χ0) is 18.5. The minimum absolute atomic E-state index is 0.129. The molecule has 3 aromatic rings. The van der Waals surface area contributed by atoms with Gasteiger partial charge < -0.3 is 5.32 Å². The van der Waals surface area contributed by atoms with Gasteiger partial charge in [0, 0.05) is 17.1 Å². The second-order valence-electron chi connectivity index (χ2n) is 6.61. The first-order valence-corrected chi connectivity index (χ1v) is 9.12. The molecule has 1 aromatic heterocycles. The predicted octanol–water partition coefficient (Wildman–Crippen LogP) is 4.97. The Morgan fingerprint density at radius 1 is 1.12 bits per heavy atom. The number of aromatic nitrogens is 2. The Labute approximate surface area is 158 Å². The molecule has 0 unspecified atom stereocenters. The fraction of sp³-hybridized carbons (Fsp3) is 0.238. The van der Waals surface area contributed by atoms with Crippen molar-refractivity contribution in [3.05, 3.63) is 71.4 Å². The number of hydrogen-bond acceptors (Lipinski definition) is 2. The van der Waals surface area contributed by atoms with Gasteiger partial charge in [-0.2, -0.15) is 5.10 Å². The van der Waals surface area contributed by atoms with Gasteiger partial charge in [0.15, 0.2) is 0 Å². The third kappa shape index (κ3) is 4.33. The number of hydrogen-bond donors (Lipinski definition) is 1. The third-order valence-corrected chi connectivity index (χ3v) is 4.34. The zero-order valence-corrected chi connectivity index (χ0v) is 15.7. The number of rotatable bonds is 6. The van der Waals surface area contributed by atoms with E-state index in [1.807, 2.05) is 48.5 Å². The molecule has 0 spiro atoms. The lowest BCUT2D eigenvalue weighted by molar-refractivity contribution is 0.0944. The van der Waals surface area contributed by atoms with E-state index in [0.29, 0.717) is 23.2 Å². The van der Waals surface area contributed by atoms with Crippen molar-refractivity contribution in [3.63, 3.8) is 0 Å². The Morgan fingerprint density at radius 2 is 1.81 bits per heavy atom. The van der Waals surface area contributed by atoms with E-state index in [4.69, 9.17) is 11.6 Å². The fourth-order valence-corrected chi connectivity index (χ4v) is 2.76. The van der Waals surface area contributed by atoms with Crippen LogP contribution in [0.4, 0.5) is 0 Å². The number of carbonyl (C=O) groups excluding carboxylic acids is 1. The summed E-state index contributed by atoms with van der Waals surface area (Å²) >= 11 is 5.99. The molecule has 0 saturated heterocycles. The molecule has 0 radical (unpaired) electrons. The highest BCUT2D eigenvalue weighted by atomic mass is 35.5. The number of benzene rings is 2. The highest BCUT2D eigenvalue weighted by Crippen LogP contribution is 2.22.